The van der Waals surface area contributed by atoms with Crippen molar-refractivity contribution in [2.75, 3.05) is 16.8 Å². The number of Topliss-reactive ketones (excluding diaryl/α,β-unsaturated/α-hetero) is 1. The maximum atomic E-state index is 15.0. The van der Waals surface area contributed by atoms with Gasteiger partial charge in [0.2, 0.25) is 5.91 Å². The van der Waals surface area contributed by atoms with Crippen molar-refractivity contribution in [3.05, 3.63) is 53.1 Å². The summed E-state index contributed by atoms with van der Waals surface area (Å²) in [5, 5.41) is 2.72. The second kappa shape index (κ2) is 17.7. The molecule has 3 amide bonds. The summed E-state index contributed by atoms with van der Waals surface area (Å²) in [6.45, 7) is 32.5. The Hall–Kier alpha value is -3.53. The van der Waals surface area contributed by atoms with Gasteiger partial charge in [0.05, 0.1) is 23.3 Å². The number of carbonyl (C=O) groups is 4. The summed E-state index contributed by atoms with van der Waals surface area (Å²) in [5.74, 6) is -0.368. The molecule has 1 saturated heterocycles. The first-order chi connectivity index (χ1) is 27.7. The number of nitrogens with two attached hydrogens (primary N) is 1. The largest absolute Gasteiger partial charge is 0.542 e. The van der Waals surface area contributed by atoms with Gasteiger partial charge >= 0.3 is 6.09 Å². The smallest absolute Gasteiger partial charge is 0.416 e. The molecule has 13 heteroatoms. The zero-order chi connectivity index (χ0) is 44.9. The molecule has 2 aromatic carbocycles. The highest BCUT2D eigenvalue weighted by Crippen LogP contribution is 2.58. The van der Waals surface area contributed by atoms with Gasteiger partial charge in [-0.1, -0.05) is 95.2 Å². The summed E-state index contributed by atoms with van der Waals surface area (Å²) in [4.78, 5) is 58.9. The number of ether oxygens (including phenoxy) is 1. The number of ketones is 1. The van der Waals surface area contributed by atoms with Gasteiger partial charge in [-0.2, -0.15) is 0 Å². The zero-order valence-corrected chi connectivity index (χ0v) is 41.2. The number of benzene rings is 2. The number of carbonyl (C=O) groups excluding carboxylic acids is 4. The fourth-order valence-corrected chi connectivity index (χ4v) is 15.7. The van der Waals surface area contributed by atoms with Crippen LogP contribution in [0.2, 0.25) is 34.8 Å². The van der Waals surface area contributed by atoms with Crippen molar-refractivity contribution in [1.82, 2.24) is 4.90 Å². The summed E-state index contributed by atoms with van der Waals surface area (Å²) < 4.78 is 20.8. The average Bonchev–Trinajstić information content (AvgIpc) is 3.82. The molecule has 0 radical (unpaired) electrons. The molecule has 60 heavy (non-hydrogen) atoms. The minimum absolute atomic E-state index is 0.00419. The number of fused-ring (bicyclic) bond motifs is 2. The number of nitrogens with one attached hydrogen (secondary N) is 1. The molecule has 2 aromatic rings. The van der Waals surface area contributed by atoms with Gasteiger partial charge in [-0.25, -0.2) is 9.69 Å². The van der Waals surface area contributed by atoms with Crippen LogP contribution in [0.1, 0.15) is 130 Å². The van der Waals surface area contributed by atoms with E-state index in [0.717, 1.165) is 30.4 Å². The minimum Gasteiger partial charge on any atom is -0.542 e. The van der Waals surface area contributed by atoms with Gasteiger partial charge < -0.3 is 29.5 Å². The SMILES string of the molecule is Cc1cc2c(cc1O[Si](C(C)C)(C(C)C)C(C)C)N(C(=O)OCc1ccc(NC(=O)[C@H](C)CC(=O)[C@@H](N)C(C)C)cc1)C(O[Si](C)(C)C(C)(C)C)[C@@H]1CC3(CC3)CN1C2=O. The number of aryl methyl sites for hydroxylation is 1. The average molecular weight is 863 g/mol. The highest BCUT2D eigenvalue weighted by atomic mass is 28.4. The van der Waals surface area contributed by atoms with E-state index in [1.165, 1.54) is 0 Å². The molecule has 2 heterocycles. The van der Waals surface area contributed by atoms with E-state index in [1.54, 1.807) is 36.1 Å². The summed E-state index contributed by atoms with van der Waals surface area (Å²) in [6.07, 6.45) is 1.55. The first-order valence-electron chi connectivity index (χ1n) is 22.2. The van der Waals surface area contributed by atoms with Crippen LogP contribution in [0, 0.1) is 24.2 Å². The third-order valence-corrected chi connectivity index (χ3v) is 24.6. The van der Waals surface area contributed by atoms with E-state index in [4.69, 9.17) is 19.3 Å². The number of hydrogen-bond acceptors (Lipinski definition) is 8. The lowest BCUT2D eigenvalue weighted by Crippen LogP contribution is -2.58. The van der Waals surface area contributed by atoms with Gasteiger partial charge in [0.1, 0.15) is 12.4 Å². The van der Waals surface area contributed by atoms with Crippen molar-refractivity contribution in [3.63, 3.8) is 0 Å². The lowest BCUT2D eigenvalue weighted by Gasteiger charge is -2.44. The van der Waals surface area contributed by atoms with Crippen molar-refractivity contribution >= 4 is 51.7 Å². The highest BCUT2D eigenvalue weighted by Gasteiger charge is 2.60. The molecule has 5 rings (SSSR count). The van der Waals surface area contributed by atoms with Crippen LogP contribution in [0.25, 0.3) is 0 Å². The molecular formula is C47H74N4O7Si2. The Bertz CT molecular complexity index is 1900. The monoisotopic (exact) mass is 863 g/mol. The van der Waals surface area contributed by atoms with Crippen molar-refractivity contribution in [2.45, 2.75) is 175 Å². The number of rotatable bonds is 15. The topological polar surface area (TPSA) is 140 Å². The lowest BCUT2D eigenvalue weighted by atomic mass is 9.93. The number of anilines is 2. The molecule has 1 saturated carbocycles. The van der Waals surface area contributed by atoms with Crippen LogP contribution in [0.3, 0.4) is 0 Å². The molecule has 1 unspecified atom stereocenters. The predicted molar refractivity (Wildman–Crippen MR) is 245 cm³/mol. The highest BCUT2D eigenvalue weighted by molar-refractivity contribution is 6.78. The standard InChI is InChI=1S/C47H74N4O7Si2/c1-28(2)41(48)39(52)23-33(10)42(53)49-35-18-16-34(17-19-35)26-56-45(55)51-37-24-40(57-60(29(3)4,30(5)6)31(7)8)32(9)22-36(37)43(54)50-27-47(20-21-47)25-38(50)44(51)58-59(14,15)46(11,12)13/h16-19,22,24,28-31,33,38,41,44H,20-21,23,25-27,48H2,1-15H3,(H,49,53)/t33-,38+,41+,44?/m1/s1. The third-order valence-electron chi connectivity index (χ3n) is 14.2. The Morgan fingerprint density at radius 3 is 2.03 bits per heavy atom. The van der Waals surface area contributed by atoms with E-state index in [2.05, 4.69) is 80.7 Å². The van der Waals surface area contributed by atoms with Crippen LogP contribution in [0.4, 0.5) is 16.2 Å². The van der Waals surface area contributed by atoms with Crippen molar-refractivity contribution < 1.29 is 32.8 Å². The van der Waals surface area contributed by atoms with Gasteiger partial charge in [0, 0.05) is 30.6 Å². The van der Waals surface area contributed by atoms with E-state index < -0.39 is 40.9 Å². The molecule has 1 aliphatic carbocycles. The molecule has 3 aliphatic rings. The van der Waals surface area contributed by atoms with Gasteiger partial charge in [-0.05, 0) is 102 Å². The van der Waals surface area contributed by atoms with Crippen LogP contribution >= 0.6 is 0 Å². The molecule has 332 valence electrons. The second-order valence-electron chi connectivity index (χ2n) is 21.0. The lowest BCUT2D eigenvalue weighted by molar-refractivity contribution is -0.127. The van der Waals surface area contributed by atoms with Crippen molar-refractivity contribution in [3.8, 4) is 5.75 Å². The maximum Gasteiger partial charge on any atom is 0.416 e. The number of nitrogens with zero attached hydrogens (tertiary/aromatic N) is 2. The molecule has 2 fully saturated rings. The molecule has 4 atom stereocenters. The van der Waals surface area contributed by atoms with Gasteiger partial charge in [-0.3, -0.25) is 14.4 Å². The molecule has 2 aliphatic heterocycles. The van der Waals surface area contributed by atoms with Crippen LogP contribution < -0.4 is 20.4 Å². The Labute approximate surface area is 362 Å². The fourth-order valence-electron chi connectivity index (χ4n) is 9.16. The van der Waals surface area contributed by atoms with Crippen LogP contribution in [0.15, 0.2) is 36.4 Å². The van der Waals surface area contributed by atoms with E-state index in [0.29, 0.717) is 45.9 Å². The molecular weight excluding hydrogens is 789 g/mol. The molecule has 3 N–H and O–H groups in total. The van der Waals surface area contributed by atoms with Crippen LogP contribution in [-0.4, -0.2) is 70.1 Å². The Morgan fingerprint density at radius 1 is 0.933 bits per heavy atom. The summed E-state index contributed by atoms with van der Waals surface area (Å²) in [7, 11) is -4.98. The summed E-state index contributed by atoms with van der Waals surface area (Å²) in [5.41, 5.74) is 10.1. The molecule has 1 spiro atoms. The number of amides is 3. The Balaban J connectivity index is 1.51. The normalized spacial score (nSPS) is 20.0. The summed E-state index contributed by atoms with van der Waals surface area (Å²) in [6, 6.07) is 9.99. The van der Waals surface area contributed by atoms with E-state index >= 15 is 0 Å². The first-order valence-corrected chi connectivity index (χ1v) is 27.3. The Kier molecular flexibility index (Phi) is 14.0. The second-order valence-corrected chi connectivity index (χ2v) is 31.1. The third kappa shape index (κ3) is 9.59. The number of hydrogen-bond donors (Lipinski definition) is 2. The molecule has 11 nitrogen and oxygen atoms in total. The first kappa shape index (κ1) is 47.5. The summed E-state index contributed by atoms with van der Waals surface area (Å²) >= 11 is 0. The maximum absolute atomic E-state index is 15.0. The van der Waals surface area contributed by atoms with Crippen LogP contribution in [-0.2, 0) is 25.4 Å². The van der Waals surface area contributed by atoms with E-state index in [1.807, 2.05) is 37.8 Å². The predicted octanol–water partition coefficient (Wildman–Crippen LogP) is 10.6. The van der Waals surface area contributed by atoms with Crippen molar-refractivity contribution in [1.29, 1.82) is 0 Å². The molecule has 0 bridgehead atoms. The van der Waals surface area contributed by atoms with Gasteiger partial charge in [0.25, 0.3) is 14.2 Å². The van der Waals surface area contributed by atoms with Gasteiger partial charge in [0.15, 0.2) is 20.3 Å². The van der Waals surface area contributed by atoms with Crippen molar-refractivity contribution in [2.24, 2.45) is 23.0 Å². The fraction of sp³-hybridized carbons (Fsp3) is 0.660. The van der Waals surface area contributed by atoms with E-state index in [-0.39, 0.29) is 53.0 Å². The Morgan fingerprint density at radius 2 is 1.52 bits per heavy atom. The van der Waals surface area contributed by atoms with Gasteiger partial charge in [-0.15, -0.1) is 0 Å². The quantitative estimate of drug-likeness (QED) is 0.169. The van der Waals surface area contributed by atoms with Crippen LogP contribution in [0.5, 0.6) is 5.75 Å². The molecule has 0 aromatic heterocycles. The zero-order valence-electron chi connectivity index (χ0n) is 39.2. The van der Waals surface area contributed by atoms with E-state index in [9.17, 15) is 19.2 Å². The minimum atomic E-state index is -2.55.